The quantitative estimate of drug-likeness (QED) is 0.312. The average molecular weight is 454 g/mol. The highest BCUT2D eigenvalue weighted by Gasteiger charge is 2.37. The predicted octanol–water partition coefficient (Wildman–Crippen LogP) is 7.86. The van der Waals surface area contributed by atoms with Gasteiger partial charge in [0.15, 0.2) is 0 Å². The minimum absolute atomic E-state index is 0.172. The molecule has 0 saturated heterocycles. The number of anilines is 1. The smallest absolute Gasteiger partial charge is 0.255 e. The molecule has 3 aromatic rings. The summed E-state index contributed by atoms with van der Waals surface area (Å²) in [5, 5.41) is 12.3. The number of benzene rings is 3. The molecule has 0 aromatic heterocycles. The van der Waals surface area contributed by atoms with E-state index < -0.39 is 0 Å². The van der Waals surface area contributed by atoms with Gasteiger partial charge in [0.1, 0.15) is 5.75 Å². The molecule has 0 aliphatic heterocycles. The highest BCUT2D eigenvalue weighted by molar-refractivity contribution is 6.04. The van der Waals surface area contributed by atoms with Crippen molar-refractivity contribution in [3.63, 3.8) is 0 Å². The molecular weight excluding hydrogens is 418 g/mol. The van der Waals surface area contributed by atoms with Gasteiger partial charge >= 0.3 is 0 Å². The highest BCUT2D eigenvalue weighted by Crippen LogP contribution is 2.47. The Labute approximate surface area is 203 Å². The zero-order valence-electron chi connectivity index (χ0n) is 21.1. The van der Waals surface area contributed by atoms with Gasteiger partial charge in [-0.05, 0) is 107 Å². The third kappa shape index (κ3) is 4.79. The number of hydrogen-bond acceptors (Lipinski definition) is 2. The molecule has 4 rings (SSSR count). The van der Waals surface area contributed by atoms with Gasteiger partial charge in [0.2, 0.25) is 0 Å². The summed E-state index contributed by atoms with van der Waals surface area (Å²) < 4.78 is 0. The second-order valence-corrected chi connectivity index (χ2v) is 10.9. The van der Waals surface area contributed by atoms with Gasteiger partial charge in [-0.2, -0.15) is 0 Å². The summed E-state index contributed by atoms with van der Waals surface area (Å²) in [5.74, 6) is -0.000679. The van der Waals surface area contributed by atoms with Crippen molar-refractivity contribution in [3.8, 4) is 5.75 Å². The summed E-state index contributed by atoms with van der Waals surface area (Å²) in [6, 6.07) is 18.9. The zero-order chi connectivity index (χ0) is 24.7. The van der Waals surface area contributed by atoms with Crippen LogP contribution in [0.5, 0.6) is 5.75 Å². The minimum Gasteiger partial charge on any atom is -0.508 e. The lowest BCUT2D eigenvalue weighted by molar-refractivity contribution is 0.102. The second kappa shape index (κ2) is 8.79. The van der Waals surface area contributed by atoms with Crippen LogP contribution in [-0.4, -0.2) is 11.0 Å². The lowest BCUT2D eigenvalue weighted by Crippen LogP contribution is -2.34. The molecule has 3 aromatic carbocycles. The van der Waals surface area contributed by atoms with Gasteiger partial charge in [-0.25, -0.2) is 0 Å². The lowest BCUT2D eigenvalue weighted by Gasteiger charge is -2.42. The topological polar surface area (TPSA) is 49.3 Å². The molecule has 1 amide bonds. The molecule has 0 saturated carbocycles. The summed E-state index contributed by atoms with van der Waals surface area (Å²) in [4.78, 5) is 12.6. The summed E-state index contributed by atoms with van der Waals surface area (Å²) >= 11 is 0. The van der Waals surface area contributed by atoms with Crippen LogP contribution in [0.25, 0.3) is 11.6 Å². The van der Waals surface area contributed by atoms with Gasteiger partial charge in [0, 0.05) is 11.3 Å². The monoisotopic (exact) mass is 453 g/mol. The van der Waals surface area contributed by atoms with Crippen LogP contribution in [0.4, 0.5) is 5.69 Å². The maximum Gasteiger partial charge on any atom is 0.255 e. The highest BCUT2D eigenvalue weighted by atomic mass is 16.3. The first-order chi connectivity index (χ1) is 16.0. The van der Waals surface area contributed by atoms with Crippen molar-refractivity contribution in [1.82, 2.24) is 0 Å². The van der Waals surface area contributed by atoms with Gasteiger partial charge < -0.3 is 10.4 Å². The van der Waals surface area contributed by atoms with Crippen LogP contribution in [0.15, 0.2) is 60.7 Å². The van der Waals surface area contributed by atoms with Gasteiger partial charge in [-0.15, -0.1) is 0 Å². The van der Waals surface area contributed by atoms with Gasteiger partial charge in [-0.1, -0.05) is 58.0 Å². The van der Waals surface area contributed by atoms with E-state index in [9.17, 15) is 9.90 Å². The Bertz CT molecular complexity index is 1250. The second-order valence-electron chi connectivity index (χ2n) is 10.9. The molecule has 0 atom stereocenters. The van der Waals surface area contributed by atoms with Crippen LogP contribution in [0.1, 0.15) is 85.6 Å². The molecule has 0 bridgehead atoms. The first-order valence-corrected chi connectivity index (χ1v) is 12.0. The zero-order valence-corrected chi connectivity index (χ0v) is 21.1. The predicted molar refractivity (Wildman–Crippen MR) is 143 cm³/mol. The Hall–Kier alpha value is -3.33. The Morgan fingerprint density at radius 1 is 0.882 bits per heavy atom. The Morgan fingerprint density at radius 3 is 2.03 bits per heavy atom. The van der Waals surface area contributed by atoms with Crippen LogP contribution in [0.2, 0.25) is 0 Å². The number of allylic oxidation sites excluding steroid dienone is 1. The van der Waals surface area contributed by atoms with E-state index in [-0.39, 0.29) is 22.5 Å². The number of aryl methyl sites for hydroxylation is 1. The molecule has 176 valence electrons. The van der Waals surface area contributed by atoms with Crippen LogP contribution >= 0.6 is 0 Å². The number of phenolic OH excluding ortho intramolecular Hbond substituents is 1. The van der Waals surface area contributed by atoms with E-state index in [2.05, 4.69) is 65.1 Å². The van der Waals surface area contributed by atoms with E-state index in [1.807, 2.05) is 24.3 Å². The molecule has 0 spiro atoms. The molecule has 1 aliphatic carbocycles. The van der Waals surface area contributed by atoms with Crippen molar-refractivity contribution >= 4 is 23.2 Å². The number of amides is 1. The molecule has 34 heavy (non-hydrogen) atoms. The van der Waals surface area contributed by atoms with E-state index >= 15 is 0 Å². The van der Waals surface area contributed by atoms with E-state index in [4.69, 9.17) is 0 Å². The summed E-state index contributed by atoms with van der Waals surface area (Å²) in [6.07, 6.45) is 4.61. The summed E-state index contributed by atoms with van der Waals surface area (Å²) in [5.41, 5.74) is 9.48. The normalized spacial score (nSPS) is 16.6. The SMILES string of the molecule is CC(=Cc1ccc(C(=O)Nc2ccc(O)cc2)cc1)c1cc2c(cc1C)C(C)(C)CCC2(C)C. The molecule has 2 N–H and O–H groups in total. The number of carbonyl (C=O) groups excluding carboxylic acids is 1. The van der Waals surface area contributed by atoms with E-state index in [0.717, 1.165) is 5.56 Å². The van der Waals surface area contributed by atoms with Crippen LogP contribution in [-0.2, 0) is 10.8 Å². The van der Waals surface area contributed by atoms with E-state index in [0.29, 0.717) is 11.3 Å². The fourth-order valence-electron chi connectivity index (χ4n) is 4.95. The fraction of sp³-hybridized carbons (Fsp3) is 0.323. The molecule has 3 nitrogen and oxygen atoms in total. The summed E-state index contributed by atoms with van der Waals surface area (Å²) in [7, 11) is 0. The maximum absolute atomic E-state index is 12.6. The van der Waals surface area contributed by atoms with Crippen molar-refractivity contribution in [3.05, 3.63) is 94.0 Å². The van der Waals surface area contributed by atoms with E-state index in [1.54, 1.807) is 24.3 Å². The molecular formula is C31H35NO2. The third-order valence-electron chi connectivity index (χ3n) is 7.30. The molecule has 0 radical (unpaired) electrons. The van der Waals surface area contributed by atoms with Gasteiger partial charge in [-0.3, -0.25) is 4.79 Å². The van der Waals surface area contributed by atoms with Crippen molar-refractivity contribution in [2.75, 3.05) is 5.32 Å². The Balaban J connectivity index is 1.58. The fourth-order valence-corrected chi connectivity index (χ4v) is 4.95. The van der Waals surface area contributed by atoms with E-state index in [1.165, 1.54) is 40.7 Å². The van der Waals surface area contributed by atoms with Gasteiger partial charge in [0.05, 0.1) is 0 Å². The van der Waals surface area contributed by atoms with Crippen molar-refractivity contribution in [2.24, 2.45) is 0 Å². The first kappa shape index (κ1) is 23.8. The standard InChI is InChI=1S/C31H35NO2/c1-20(26-19-28-27(18-21(26)2)30(3,4)15-16-31(28,5)6)17-22-7-9-23(10-8-22)29(34)32-24-11-13-25(33)14-12-24/h7-14,17-19,33H,15-16H2,1-6H3,(H,32,34). The number of nitrogens with one attached hydrogen (secondary N) is 1. The first-order valence-electron chi connectivity index (χ1n) is 12.0. The summed E-state index contributed by atoms with van der Waals surface area (Å²) in [6.45, 7) is 13.8. The van der Waals surface area contributed by atoms with Crippen molar-refractivity contribution in [1.29, 1.82) is 0 Å². The maximum atomic E-state index is 12.6. The Kier molecular flexibility index (Phi) is 6.16. The minimum atomic E-state index is -0.173. The Morgan fingerprint density at radius 2 is 1.44 bits per heavy atom. The largest absolute Gasteiger partial charge is 0.508 e. The molecule has 0 unspecified atom stereocenters. The van der Waals surface area contributed by atoms with Crippen LogP contribution < -0.4 is 5.32 Å². The number of hydrogen-bond donors (Lipinski definition) is 2. The molecule has 0 heterocycles. The van der Waals surface area contributed by atoms with Gasteiger partial charge in [0.25, 0.3) is 5.91 Å². The number of fused-ring (bicyclic) bond motifs is 1. The number of rotatable bonds is 4. The number of carbonyl (C=O) groups is 1. The third-order valence-corrected chi connectivity index (χ3v) is 7.30. The van der Waals surface area contributed by atoms with Crippen LogP contribution in [0.3, 0.4) is 0 Å². The molecule has 3 heteroatoms. The van der Waals surface area contributed by atoms with Crippen molar-refractivity contribution < 1.29 is 9.90 Å². The number of aromatic hydroxyl groups is 1. The lowest BCUT2D eigenvalue weighted by atomic mass is 9.62. The average Bonchev–Trinajstić information content (AvgIpc) is 2.78. The van der Waals surface area contributed by atoms with Crippen molar-refractivity contribution in [2.45, 2.75) is 65.2 Å². The molecule has 0 fully saturated rings. The molecule has 1 aliphatic rings. The number of phenols is 1. The van der Waals surface area contributed by atoms with Crippen LogP contribution in [0, 0.1) is 6.92 Å².